The minimum atomic E-state index is -0.878. The van der Waals surface area contributed by atoms with Crippen molar-refractivity contribution in [3.63, 3.8) is 0 Å². The number of hydrogen-bond acceptors (Lipinski definition) is 3. The second kappa shape index (κ2) is 14.0. The molecule has 1 aromatic rings. The van der Waals surface area contributed by atoms with Crippen molar-refractivity contribution in [2.45, 2.75) is 157 Å². The van der Waals surface area contributed by atoms with Crippen LogP contribution in [0.25, 0.3) is 5.57 Å². The number of nitrogens with zero attached hydrogens (tertiary/aromatic N) is 1. The summed E-state index contributed by atoms with van der Waals surface area (Å²) in [5.74, 6) is 2.04. The number of carbonyl (C=O) groups excluding carboxylic acids is 2. The monoisotopic (exact) mass is 780 g/mol. The molecule has 3 N–H and O–H groups in total. The zero-order chi connectivity index (χ0) is 40.9. The highest BCUT2D eigenvalue weighted by molar-refractivity contribution is 5.88. The van der Waals surface area contributed by atoms with Crippen LogP contribution < -0.4 is 10.6 Å². The van der Waals surface area contributed by atoms with Gasteiger partial charge in [-0.2, -0.15) is 0 Å². The summed E-state index contributed by atoms with van der Waals surface area (Å²) in [6.07, 6.45) is 18.0. The molecule has 2 unspecified atom stereocenters. The molecule has 312 valence electrons. The van der Waals surface area contributed by atoms with Gasteiger partial charge in [-0.05, 0) is 177 Å². The topological polar surface area (TPSA) is 98.7 Å². The fraction of sp³-hybridized carbons (Fsp3) is 0.740. The molecule has 8 rings (SSSR count). The highest BCUT2D eigenvalue weighted by Gasteiger charge is 2.70. The smallest absolute Gasteiger partial charge is 0.335 e. The predicted molar refractivity (Wildman–Crippen MR) is 228 cm³/mol. The van der Waals surface area contributed by atoms with Gasteiger partial charge in [-0.1, -0.05) is 72.2 Å². The number of urea groups is 1. The van der Waals surface area contributed by atoms with E-state index in [2.05, 4.69) is 83.6 Å². The summed E-state index contributed by atoms with van der Waals surface area (Å²) >= 11 is 0. The Morgan fingerprint density at radius 3 is 2.19 bits per heavy atom. The number of hydrogen-bond donors (Lipinski definition) is 3. The van der Waals surface area contributed by atoms with Crippen molar-refractivity contribution in [1.82, 2.24) is 15.5 Å². The summed E-state index contributed by atoms with van der Waals surface area (Å²) in [6, 6.07) is 7.53. The number of carboxylic acids is 1. The van der Waals surface area contributed by atoms with E-state index in [0.29, 0.717) is 35.2 Å². The van der Waals surface area contributed by atoms with E-state index in [9.17, 15) is 19.5 Å². The van der Waals surface area contributed by atoms with Gasteiger partial charge in [0.15, 0.2) is 0 Å². The summed E-state index contributed by atoms with van der Waals surface area (Å²) in [6.45, 7) is 25.6. The number of rotatable bonds is 7. The summed E-state index contributed by atoms with van der Waals surface area (Å²) in [7, 11) is 0. The maximum absolute atomic E-state index is 14.2. The molecule has 5 saturated carbocycles. The van der Waals surface area contributed by atoms with Gasteiger partial charge in [-0.3, -0.25) is 4.79 Å². The van der Waals surface area contributed by atoms with Crippen LogP contribution in [0.3, 0.4) is 0 Å². The van der Waals surface area contributed by atoms with Gasteiger partial charge in [0.25, 0.3) is 0 Å². The number of likely N-dealkylation sites (tertiary alicyclic amines) is 1. The Balaban J connectivity index is 1.03. The lowest BCUT2D eigenvalue weighted by atomic mass is 9.33. The molecule has 6 aliphatic carbocycles. The first-order chi connectivity index (χ1) is 26.8. The van der Waals surface area contributed by atoms with Gasteiger partial charge in [0, 0.05) is 30.6 Å². The fourth-order valence-corrected chi connectivity index (χ4v) is 15.9. The molecule has 57 heavy (non-hydrogen) atoms. The third-order valence-corrected chi connectivity index (χ3v) is 19.1. The number of allylic oxidation sites excluding steroid dienone is 3. The van der Waals surface area contributed by atoms with Crippen LogP contribution in [-0.4, -0.2) is 52.6 Å². The Bertz CT molecular complexity index is 1820. The Hall–Kier alpha value is -3.09. The maximum atomic E-state index is 14.2. The average Bonchev–Trinajstić information content (AvgIpc) is 3.50. The number of fused-ring (bicyclic) bond motifs is 7. The van der Waals surface area contributed by atoms with Crippen molar-refractivity contribution in [1.29, 1.82) is 0 Å². The van der Waals surface area contributed by atoms with Crippen LogP contribution >= 0.6 is 0 Å². The van der Waals surface area contributed by atoms with E-state index in [4.69, 9.17) is 0 Å². The van der Waals surface area contributed by atoms with Gasteiger partial charge in [0.2, 0.25) is 5.91 Å². The van der Waals surface area contributed by atoms with Crippen molar-refractivity contribution >= 4 is 23.5 Å². The molecule has 1 aromatic carbocycles. The Kier molecular flexibility index (Phi) is 9.99. The number of carbonyl (C=O) groups is 3. The van der Waals surface area contributed by atoms with Crippen LogP contribution in [0.1, 0.15) is 161 Å². The molecular weight excluding hydrogens is 707 g/mol. The van der Waals surface area contributed by atoms with E-state index >= 15 is 0 Å². The summed E-state index contributed by atoms with van der Waals surface area (Å²) in [5, 5.41) is 16.7. The minimum Gasteiger partial charge on any atom is -0.478 e. The summed E-state index contributed by atoms with van der Waals surface area (Å²) < 4.78 is 0. The molecule has 0 aromatic heterocycles. The Labute approximate surface area is 343 Å². The number of benzene rings is 1. The largest absolute Gasteiger partial charge is 0.478 e. The van der Waals surface area contributed by atoms with Crippen molar-refractivity contribution in [3.05, 3.63) is 53.6 Å². The van der Waals surface area contributed by atoms with Gasteiger partial charge in [-0.15, -0.1) is 6.58 Å². The van der Waals surface area contributed by atoms with E-state index in [-0.39, 0.29) is 56.5 Å². The molecule has 1 heterocycles. The second-order valence-corrected chi connectivity index (χ2v) is 22.4. The number of amides is 3. The number of aromatic carboxylic acids is 1. The van der Waals surface area contributed by atoms with Crippen LogP contribution in [0.15, 0.2) is 42.5 Å². The molecule has 3 amide bonds. The first-order valence-electron chi connectivity index (χ1n) is 22.8. The highest BCUT2D eigenvalue weighted by Crippen LogP contribution is 2.76. The molecule has 11 atom stereocenters. The molecule has 7 nitrogen and oxygen atoms in total. The molecule has 1 saturated heterocycles. The molecule has 0 bridgehead atoms. The van der Waals surface area contributed by atoms with Crippen molar-refractivity contribution in [2.75, 3.05) is 13.1 Å². The number of piperidine rings is 1. The highest BCUT2D eigenvalue weighted by atomic mass is 16.4. The predicted octanol–water partition coefficient (Wildman–Crippen LogP) is 10.9. The molecule has 7 aliphatic rings. The van der Waals surface area contributed by atoms with Crippen LogP contribution in [0.2, 0.25) is 0 Å². The van der Waals surface area contributed by atoms with Crippen LogP contribution in [0, 0.1) is 62.6 Å². The van der Waals surface area contributed by atoms with Crippen molar-refractivity contribution in [2.24, 2.45) is 62.6 Å². The van der Waals surface area contributed by atoms with Gasteiger partial charge >= 0.3 is 12.0 Å². The lowest BCUT2D eigenvalue weighted by Crippen LogP contribution is -2.70. The quantitative estimate of drug-likeness (QED) is 0.240. The first-order valence-corrected chi connectivity index (χ1v) is 22.8. The zero-order valence-electron chi connectivity index (χ0n) is 36.6. The lowest BCUT2D eigenvalue weighted by Gasteiger charge is -2.72. The molecular formula is C50H73N3O4. The Morgan fingerprint density at radius 1 is 0.842 bits per heavy atom. The van der Waals surface area contributed by atoms with Crippen LogP contribution in [0.4, 0.5) is 4.79 Å². The second-order valence-electron chi connectivity index (χ2n) is 22.4. The first kappa shape index (κ1) is 40.7. The summed E-state index contributed by atoms with van der Waals surface area (Å²) in [5.41, 5.74) is 4.18. The van der Waals surface area contributed by atoms with Gasteiger partial charge < -0.3 is 20.6 Å². The van der Waals surface area contributed by atoms with Crippen molar-refractivity contribution < 1.29 is 19.5 Å². The van der Waals surface area contributed by atoms with Crippen LogP contribution in [0.5, 0.6) is 0 Å². The lowest BCUT2D eigenvalue weighted by molar-refractivity contribution is -0.219. The van der Waals surface area contributed by atoms with Crippen LogP contribution in [-0.2, 0) is 4.79 Å². The minimum absolute atomic E-state index is 0.00346. The van der Waals surface area contributed by atoms with E-state index in [1.54, 1.807) is 12.1 Å². The third kappa shape index (κ3) is 6.18. The number of nitrogens with one attached hydrogen (secondary N) is 2. The molecule has 0 spiro atoms. The Morgan fingerprint density at radius 2 is 1.54 bits per heavy atom. The molecule has 6 fully saturated rings. The van der Waals surface area contributed by atoms with E-state index in [0.717, 1.165) is 76.4 Å². The molecule has 7 heteroatoms. The SMILES string of the molecule is C=C(C)C[C@@H]1CC[C@]2(NC(=O)N[C@@H]3C[C@H](C(=O)N4CCCCC4)C3(C)C)CC[C@]3(C)[C@H](CCC4[C@@]5(C)CC=C(c6ccc(C(=O)O)cc6)C(C)(C)[C@@H]5CC[C@]43C)C12. The van der Waals surface area contributed by atoms with Gasteiger partial charge in [-0.25, -0.2) is 9.59 Å². The van der Waals surface area contributed by atoms with E-state index in [1.807, 2.05) is 12.1 Å². The average molecular weight is 780 g/mol. The maximum Gasteiger partial charge on any atom is 0.335 e. The van der Waals surface area contributed by atoms with Gasteiger partial charge in [0.05, 0.1) is 5.56 Å². The number of carboxylic acid groups (broad SMARTS) is 1. The van der Waals surface area contributed by atoms with E-state index in [1.165, 1.54) is 43.3 Å². The standard InChI is InChI=1S/C50H73N3O4/c1-31(2)29-34-19-24-50(52-44(57)51-40-30-37(46(40,5)6)42(54)53-27-11-10-12-28-53)26-25-48(8)36(41(34)50)17-18-39-47(7)22-20-35(32-13-15-33(16-14-32)43(55)56)45(3,4)38(47)21-23-49(39,48)9/h13-16,20,34,36-41H,1,10-12,17-19,21-30H2,2-9H3,(H,55,56)(H2,51,52,57)/t34-,36+,37+,38-,39?,40+,41?,47-,48+,49+,50-/m0/s1. The fourth-order valence-electron chi connectivity index (χ4n) is 15.9. The van der Waals surface area contributed by atoms with Gasteiger partial charge in [0.1, 0.15) is 0 Å². The normalized spacial score (nSPS) is 41.5. The van der Waals surface area contributed by atoms with Crippen molar-refractivity contribution in [3.8, 4) is 0 Å². The molecule has 1 aliphatic heterocycles. The van der Waals surface area contributed by atoms with E-state index < -0.39 is 5.97 Å². The third-order valence-electron chi connectivity index (χ3n) is 19.1. The molecule has 0 radical (unpaired) electrons. The zero-order valence-corrected chi connectivity index (χ0v) is 36.6. The summed E-state index contributed by atoms with van der Waals surface area (Å²) in [4.78, 5) is 41.5.